The van der Waals surface area contributed by atoms with E-state index in [2.05, 4.69) is 10.5 Å². The van der Waals surface area contributed by atoms with Gasteiger partial charge in [0.2, 0.25) is 5.56 Å². The number of carboxylic acids is 1. The molecule has 2 atom stereocenters. The molecule has 8 nitrogen and oxygen atoms in total. The second-order valence-corrected chi connectivity index (χ2v) is 8.55. The molecule has 0 spiro atoms. The molecule has 3 rings (SSSR count). The van der Waals surface area contributed by atoms with Crippen LogP contribution in [-0.4, -0.2) is 28.1 Å². The van der Waals surface area contributed by atoms with Gasteiger partial charge in [-0.2, -0.15) is 4.91 Å². The van der Waals surface area contributed by atoms with E-state index in [4.69, 9.17) is 5.11 Å². The summed E-state index contributed by atoms with van der Waals surface area (Å²) in [7, 11) is 1.64. The number of hydrogen-bond acceptors (Lipinski definition) is 5. The van der Waals surface area contributed by atoms with Crippen molar-refractivity contribution in [1.29, 1.82) is 0 Å². The number of aryl methyl sites for hydroxylation is 2. The molecule has 0 aliphatic heterocycles. The van der Waals surface area contributed by atoms with Gasteiger partial charge in [0.25, 0.3) is 5.91 Å². The van der Waals surface area contributed by atoms with Gasteiger partial charge >= 0.3 is 5.97 Å². The number of aromatic nitrogens is 1. The highest BCUT2D eigenvalue weighted by atomic mass is 16.4. The van der Waals surface area contributed by atoms with Crippen molar-refractivity contribution in [2.45, 2.75) is 38.1 Å². The Morgan fingerprint density at radius 1 is 1.03 bits per heavy atom. The number of amides is 1. The van der Waals surface area contributed by atoms with E-state index in [1.54, 1.807) is 31.4 Å². The Kier molecular flexibility index (Phi) is 8.67. The summed E-state index contributed by atoms with van der Waals surface area (Å²) in [5, 5.41) is 14.8. The van der Waals surface area contributed by atoms with E-state index in [0.29, 0.717) is 24.0 Å². The van der Waals surface area contributed by atoms with Crippen LogP contribution in [0.5, 0.6) is 0 Å². The first-order valence-corrected chi connectivity index (χ1v) is 11.4. The largest absolute Gasteiger partial charge is 0.481 e. The molecule has 2 aromatic carbocycles. The summed E-state index contributed by atoms with van der Waals surface area (Å²) in [6.07, 6.45) is 2.40. The summed E-state index contributed by atoms with van der Waals surface area (Å²) in [4.78, 5) is 46.7. The first kappa shape index (κ1) is 25.6. The van der Waals surface area contributed by atoms with Crippen LogP contribution in [0.3, 0.4) is 0 Å². The van der Waals surface area contributed by atoms with Crippen molar-refractivity contribution < 1.29 is 14.7 Å². The van der Waals surface area contributed by atoms with Crippen molar-refractivity contribution in [3.63, 3.8) is 0 Å². The lowest BCUT2D eigenvalue weighted by molar-refractivity contribution is -0.137. The van der Waals surface area contributed by atoms with Crippen LogP contribution in [0.25, 0.3) is 0 Å². The van der Waals surface area contributed by atoms with E-state index < -0.39 is 12.0 Å². The molecule has 1 aromatic heterocycles. The maximum absolute atomic E-state index is 12.4. The molecule has 0 fully saturated rings. The summed E-state index contributed by atoms with van der Waals surface area (Å²) in [5.41, 5.74) is 4.03. The van der Waals surface area contributed by atoms with Crippen LogP contribution < -0.4 is 10.9 Å². The summed E-state index contributed by atoms with van der Waals surface area (Å²) in [6, 6.07) is 17.5. The van der Waals surface area contributed by atoms with Crippen molar-refractivity contribution in [1.82, 2.24) is 9.88 Å². The van der Waals surface area contributed by atoms with Crippen LogP contribution in [-0.2, 0) is 11.8 Å². The lowest BCUT2D eigenvalue weighted by Gasteiger charge is -2.23. The normalized spacial score (nSPS) is 12.5. The highest BCUT2D eigenvalue weighted by molar-refractivity contribution is 5.94. The summed E-state index contributed by atoms with van der Waals surface area (Å²) < 4.78 is 1.43. The third-order valence-corrected chi connectivity index (χ3v) is 6.07. The minimum absolute atomic E-state index is 0.00116. The van der Waals surface area contributed by atoms with E-state index in [9.17, 15) is 19.3 Å². The first-order valence-electron chi connectivity index (χ1n) is 11.4. The predicted molar refractivity (Wildman–Crippen MR) is 134 cm³/mol. The number of rotatable bonds is 11. The maximum atomic E-state index is 12.4. The molecule has 2 unspecified atom stereocenters. The van der Waals surface area contributed by atoms with Gasteiger partial charge in [-0.1, -0.05) is 41.6 Å². The third kappa shape index (κ3) is 6.72. The zero-order valence-corrected chi connectivity index (χ0v) is 19.8. The lowest BCUT2D eigenvalue weighted by Crippen LogP contribution is -2.24. The lowest BCUT2D eigenvalue weighted by atomic mass is 9.82. The molecule has 0 bridgehead atoms. The predicted octanol–water partition coefficient (Wildman–Crippen LogP) is 4.32. The van der Waals surface area contributed by atoms with Crippen molar-refractivity contribution in [3.05, 3.63) is 110 Å². The van der Waals surface area contributed by atoms with Crippen LogP contribution in [0.4, 0.5) is 0 Å². The van der Waals surface area contributed by atoms with Gasteiger partial charge in [0.1, 0.15) is 6.04 Å². The molecule has 8 heteroatoms. The Morgan fingerprint density at radius 2 is 1.71 bits per heavy atom. The molecule has 0 saturated heterocycles. The average molecular weight is 476 g/mol. The van der Waals surface area contributed by atoms with E-state index in [0.717, 1.165) is 16.7 Å². The molecule has 0 radical (unpaired) electrons. The molecule has 2 N–H and O–H groups in total. The number of benzene rings is 2. The molecule has 182 valence electrons. The van der Waals surface area contributed by atoms with Crippen LogP contribution in [0.1, 0.15) is 63.8 Å². The molecular weight excluding hydrogens is 446 g/mol. The standard InChI is InChI=1S/C27H29N3O5/c1-18-6-3-4-7-22(18)23(16-24(29-35)21-13-14-25(31)30(2)17-21)19-9-11-20(12-10-19)27(34)28-15-5-8-26(32)33/h3-4,6-7,9-14,17,23-24H,5,8,15-16H2,1-2H3,(H,28,34)(H,32,33). The number of carbonyl (C=O) groups excluding carboxylic acids is 1. The quantitative estimate of drug-likeness (QED) is 0.316. The fraction of sp³-hybridized carbons (Fsp3) is 0.296. The first-order chi connectivity index (χ1) is 16.8. The fourth-order valence-corrected chi connectivity index (χ4v) is 4.11. The number of aliphatic carboxylic acids is 1. The second-order valence-electron chi connectivity index (χ2n) is 8.55. The SMILES string of the molecule is Cc1ccccc1C(CC(N=O)c1ccc(=O)n(C)c1)c1ccc(C(=O)NCCCC(=O)O)cc1. The number of nitrogens with zero attached hydrogens (tertiary/aromatic N) is 2. The minimum atomic E-state index is -0.897. The van der Waals surface area contributed by atoms with Crippen LogP contribution >= 0.6 is 0 Å². The Hall–Kier alpha value is -4.07. The van der Waals surface area contributed by atoms with Gasteiger partial charge in [-0.3, -0.25) is 14.4 Å². The molecule has 0 aliphatic carbocycles. The van der Waals surface area contributed by atoms with Crippen LogP contribution in [0.2, 0.25) is 0 Å². The Morgan fingerprint density at radius 3 is 2.34 bits per heavy atom. The second kappa shape index (κ2) is 11.9. The van der Waals surface area contributed by atoms with Crippen LogP contribution in [0, 0.1) is 11.8 Å². The Bertz CT molecular complexity index is 1250. The molecule has 0 saturated carbocycles. The number of carbonyl (C=O) groups is 2. The molecule has 0 aliphatic rings. The van der Waals surface area contributed by atoms with Crippen molar-refractivity contribution >= 4 is 11.9 Å². The molecule has 3 aromatic rings. The number of nitroso groups, excluding NO2 is 1. The number of pyridine rings is 1. The summed E-state index contributed by atoms with van der Waals surface area (Å²) in [6.45, 7) is 2.29. The van der Waals surface area contributed by atoms with Crippen molar-refractivity contribution in [2.24, 2.45) is 12.2 Å². The van der Waals surface area contributed by atoms with Gasteiger partial charge < -0.3 is 15.0 Å². The Labute approximate surface area is 203 Å². The zero-order valence-electron chi connectivity index (χ0n) is 19.8. The van der Waals surface area contributed by atoms with Gasteiger partial charge in [-0.25, -0.2) is 0 Å². The smallest absolute Gasteiger partial charge is 0.303 e. The zero-order chi connectivity index (χ0) is 25.4. The summed E-state index contributed by atoms with van der Waals surface area (Å²) >= 11 is 0. The highest BCUT2D eigenvalue weighted by Crippen LogP contribution is 2.37. The van der Waals surface area contributed by atoms with Crippen molar-refractivity contribution in [3.8, 4) is 0 Å². The maximum Gasteiger partial charge on any atom is 0.303 e. The van der Waals surface area contributed by atoms with E-state index in [-0.39, 0.29) is 30.3 Å². The monoisotopic (exact) mass is 475 g/mol. The molecule has 35 heavy (non-hydrogen) atoms. The van der Waals surface area contributed by atoms with Gasteiger partial charge in [0.05, 0.1) is 0 Å². The van der Waals surface area contributed by atoms with Gasteiger partial charge in [0, 0.05) is 43.8 Å². The highest BCUT2D eigenvalue weighted by Gasteiger charge is 2.24. The van der Waals surface area contributed by atoms with E-state index in [1.807, 2.05) is 43.3 Å². The number of hydrogen-bond donors (Lipinski definition) is 2. The molecular formula is C27H29N3O5. The van der Waals surface area contributed by atoms with Crippen molar-refractivity contribution in [2.75, 3.05) is 6.54 Å². The fourth-order valence-electron chi connectivity index (χ4n) is 4.11. The summed E-state index contributed by atoms with van der Waals surface area (Å²) in [5.74, 6) is -1.33. The Balaban J connectivity index is 1.86. The van der Waals surface area contributed by atoms with Gasteiger partial charge in [-0.05, 0) is 60.2 Å². The van der Waals surface area contributed by atoms with E-state index in [1.165, 1.54) is 10.6 Å². The van der Waals surface area contributed by atoms with E-state index >= 15 is 0 Å². The topological polar surface area (TPSA) is 118 Å². The van der Waals surface area contributed by atoms with Crippen LogP contribution in [0.15, 0.2) is 76.8 Å². The minimum Gasteiger partial charge on any atom is -0.481 e. The third-order valence-electron chi connectivity index (χ3n) is 6.07. The van der Waals surface area contributed by atoms with Gasteiger partial charge in [-0.15, -0.1) is 0 Å². The van der Waals surface area contributed by atoms with Gasteiger partial charge in [0.15, 0.2) is 0 Å². The molecule has 1 heterocycles. The molecule has 1 amide bonds. The number of carboxylic acid groups (broad SMARTS) is 1. The average Bonchev–Trinajstić information content (AvgIpc) is 2.85. The number of nitrogens with one attached hydrogen (secondary N) is 1.